The molecule has 0 spiro atoms. The smallest absolute Gasteiger partial charge is 0.226 e. The van der Waals surface area contributed by atoms with Crippen molar-refractivity contribution in [2.24, 2.45) is 17.3 Å². The van der Waals surface area contributed by atoms with E-state index in [0.717, 1.165) is 12.0 Å². The topological polar surface area (TPSA) is 49.4 Å². The summed E-state index contributed by atoms with van der Waals surface area (Å²) in [5.74, 6) is 1.06. The Morgan fingerprint density at radius 2 is 1.88 bits per heavy atom. The van der Waals surface area contributed by atoms with E-state index >= 15 is 0 Å². The van der Waals surface area contributed by atoms with Crippen LogP contribution in [0.3, 0.4) is 0 Å². The van der Waals surface area contributed by atoms with Crippen molar-refractivity contribution in [2.45, 2.75) is 39.5 Å². The highest BCUT2D eigenvalue weighted by Crippen LogP contribution is 2.42. The molecule has 2 aromatic carbocycles. The number of hydrogen-bond acceptors (Lipinski definition) is 2. The minimum atomic E-state index is -0.501. The summed E-state index contributed by atoms with van der Waals surface area (Å²) in [5.41, 5.74) is 4.30. The van der Waals surface area contributed by atoms with Crippen molar-refractivity contribution < 1.29 is 9.59 Å². The number of aryl methyl sites for hydroxylation is 1. The van der Waals surface area contributed by atoms with Crippen LogP contribution in [-0.4, -0.2) is 36.3 Å². The van der Waals surface area contributed by atoms with Gasteiger partial charge in [0.25, 0.3) is 0 Å². The molecule has 0 radical (unpaired) electrons. The van der Waals surface area contributed by atoms with E-state index in [0.29, 0.717) is 44.8 Å². The standard InChI is InChI=1S/C28H34N2O2/c1-4-14-29-27(32)28(12-15-30(16-13-28)26(31)25-17-21(25)3)19-22-9-7-10-23(18-22)24-11-6-5-8-20(24)2/h4-11,18,21,25H,1,12-17,19H2,2-3H3,(H,29,32)/t21-,25-/m0/s1. The number of rotatable bonds is 7. The summed E-state index contributed by atoms with van der Waals surface area (Å²) >= 11 is 0. The molecule has 1 saturated heterocycles. The number of hydrogen-bond donors (Lipinski definition) is 1. The fraction of sp³-hybridized carbons (Fsp3) is 0.429. The Morgan fingerprint density at radius 1 is 1.16 bits per heavy atom. The van der Waals surface area contributed by atoms with E-state index in [1.54, 1.807) is 6.08 Å². The largest absolute Gasteiger partial charge is 0.352 e. The maximum Gasteiger partial charge on any atom is 0.226 e. The molecule has 32 heavy (non-hydrogen) atoms. The van der Waals surface area contributed by atoms with Gasteiger partial charge in [-0.1, -0.05) is 61.5 Å². The van der Waals surface area contributed by atoms with Crippen LogP contribution in [-0.2, 0) is 16.0 Å². The highest BCUT2D eigenvalue weighted by molar-refractivity contribution is 5.85. The van der Waals surface area contributed by atoms with Crippen LogP contribution in [0, 0.1) is 24.2 Å². The summed E-state index contributed by atoms with van der Waals surface area (Å²) < 4.78 is 0. The molecule has 0 aromatic heterocycles. The third kappa shape index (κ3) is 4.64. The molecule has 4 rings (SSSR count). The van der Waals surface area contributed by atoms with Gasteiger partial charge in [-0.25, -0.2) is 0 Å². The van der Waals surface area contributed by atoms with Gasteiger partial charge >= 0.3 is 0 Å². The van der Waals surface area contributed by atoms with Crippen molar-refractivity contribution in [1.82, 2.24) is 10.2 Å². The highest BCUT2D eigenvalue weighted by atomic mass is 16.2. The number of carbonyl (C=O) groups excluding carboxylic acids is 2. The second kappa shape index (κ2) is 9.32. The van der Waals surface area contributed by atoms with Gasteiger partial charge in [0.2, 0.25) is 11.8 Å². The van der Waals surface area contributed by atoms with Crippen LogP contribution < -0.4 is 5.32 Å². The van der Waals surface area contributed by atoms with Crippen LogP contribution in [0.2, 0.25) is 0 Å². The molecule has 1 aliphatic heterocycles. The van der Waals surface area contributed by atoms with E-state index in [1.807, 2.05) is 4.90 Å². The Labute approximate surface area is 191 Å². The first-order chi connectivity index (χ1) is 15.4. The first-order valence-corrected chi connectivity index (χ1v) is 11.8. The lowest BCUT2D eigenvalue weighted by Crippen LogP contribution is -2.51. The second-order valence-corrected chi connectivity index (χ2v) is 9.62. The molecular formula is C28H34N2O2. The molecule has 4 heteroatoms. The van der Waals surface area contributed by atoms with Gasteiger partial charge in [0, 0.05) is 25.6 Å². The highest BCUT2D eigenvalue weighted by Gasteiger charge is 2.46. The van der Waals surface area contributed by atoms with E-state index in [-0.39, 0.29) is 17.7 Å². The molecule has 1 saturated carbocycles. The summed E-state index contributed by atoms with van der Waals surface area (Å²) in [5, 5.41) is 3.04. The van der Waals surface area contributed by atoms with Crippen LogP contribution >= 0.6 is 0 Å². The maximum atomic E-state index is 13.3. The van der Waals surface area contributed by atoms with Gasteiger partial charge in [-0.2, -0.15) is 0 Å². The Balaban J connectivity index is 1.55. The zero-order chi connectivity index (χ0) is 22.7. The molecule has 168 valence electrons. The van der Waals surface area contributed by atoms with Crippen molar-refractivity contribution in [2.75, 3.05) is 19.6 Å². The molecule has 2 fully saturated rings. The van der Waals surface area contributed by atoms with E-state index in [9.17, 15) is 9.59 Å². The molecule has 2 aromatic rings. The lowest BCUT2D eigenvalue weighted by Gasteiger charge is -2.41. The molecule has 2 amide bonds. The Hall–Kier alpha value is -2.88. The van der Waals surface area contributed by atoms with Crippen LogP contribution in [0.1, 0.15) is 37.3 Å². The van der Waals surface area contributed by atoms with Crippen molar-refractivity contribution in [3.63, 3.8) is 0 Å². The number of nitrogens with zero attached hydrogens (tertiary/aromatic N) is 1. The van der Waals surface area contributed by atoms with Gasteiger partial charge in [0.05, 0.1) is 5.41 Å². The summed E-state index contributed by atoms with van der Waals surface area (Å²) in [4.78, 5) is 28.0. The molecular weight excluding hydrogens is 396 g/mol. The van der Waals surface area contributed by atoms with E-state index in [4.69, 9.17) is 0 Å². The Bertz CT molecular complexity index is 1000. The predicted octanol–water partition coefficient (Wildman–Crippen LogP) is 4.77. The molecule has 0 unspecified atom stereocenters. The van der Waals surface area contributed by atoms with Crippen LogP contribution in [0.25, 0.3) is 11.1 Å². The van der Waals surface area contributed by atoms with Gasteiger partial charge < -0.3 is 10.2 Å². The van der Waals surface area contributed by atoms with Crippen molar-refractivity contribution in [3.05, 3.63) is 72.3 Å². The average molecular weight is 431 g/mol. The first-order valence-electron chi connectivity index (χ1n) is 11.8. The van der Waals surface area contributed by atoms with Crippen molar-refractivity contribution in [1.29, 1.82) is 0 Å². The number of nitrogens with one attached hydrogen (secondary N) is 1. The summed E-state index contributed by atoms with van der Waals surface area (Å²) in [6.07, 6.45) is 4.79. The van der Waals surface area contributed by atoms with Crippen LogP contribution in [0.4, 0.5) is 0 Å². The first kappa shape index (κ1) is 22.3. The lowest BCUT2D eigenvalue weighted by atomic mass is 9.72. The zero-order valence-electron chi connectivity index (χ0n) is 19.3. The van der Waals surface area contributed by atoms with Crippen molar-refractivity contribution in [3.8, 4) is 11.1 Å². The maximum absolute atomic E-state index is 13.3. The number of benzene rings is 2. The summed E-state index contributed by atoms with van der Waals surface area (Å²) in [7, 11) is 0. The van der Waals surface area contributed by atoms with E-state index < -0.39 is 5.41 Å². The minimum absolute atomic E-state index is 0.0746. The Kier molecular flexibility index (Phi) is 6.50. The molecule has 0 bridgehead atoms. The number of carbonyl (C=O) groups is 2. The predicted molar refractivity (Wildman–Crippen MR) is 129 cm³/mol. The molecule has 1 aliphatic carbocycles. The minimum Gasteiger partial charge on any atom is -0.352 e. The fourth-order valence-corrected chi connectivity index (χ4v) is 5.03. The quantitative estimate of drug-likeness (QED) is 0.643. The number of amides is 2. The van der Waals surface area contributed by atoms with Gasteiger partial charge in [-0.05, 0) is 60.8 Å². The zero-order valence-corrected chi connectivity index (χ0v) is 19.3. The van der Waals surface area contributed by atoms with E-state index in [1.165, 1.54) is 16.7 Å². The van der Waals surface area contributed by atoms with Crippen LogP contribution in [0.5, 0.6) is 0 Å². The third-order valence-corrected chi connectivity index (χ3v) is 7.27. The summed E-state index contributed by atoms with van der Waals surface area (Å²) in [6, 6.07) is 16.9. The SMILES string of the molecule is C=CCNC(=O)C1(Cc2cccc(-c3ccccc3C)c2)CCN(C(=O)[C@H]2C[C@@H]2C)CC1. The molecule has 1 N–H and O–H groups in total. The molecule has 1 heterocycles. The number of piperidine rings is 1. The van der Waals surface area contributed by atoms with Gasteiger partial charge in [0.1, 0.15) is 0 Å². The average Bonchev–Trinajstić information content (AvgIpc) is 3.54. The van der Waals surface area contributed by atoms with Gasteiger partial charge in [-0.15, -0.1) is 6.58 Å². The lowest BCUT2D eigenvalue weighted by molar-refractivity contribution is -0.141. The van der Waals surface area contributed by atoms with Gasteiger partial charge in [-0.3, -0.25) is 9.59 Å². The van der Waals surface area contributed by atoms with E-state index in [2.05, 4.69) is 74.3 Å². The summed E-state index contributed by atoms with van der Waals surface area (Å²) in [6.45, 7) is 9.78. The second-order valence-electron chi connectivity index (χ2n) is 9.62. The Morgan fingerprint density at radius 3 is 2.53 bits per heavy atom. The molecule has 2 atom stereocenters. The number of likely N-dealkylation sites (tertiary alicyclic amines) is 1. The van der Waals surface area contributed by atoms with Crippen molar-refractivity contribution >= 4 is 11.8 Å². The molecule has 4 nitrogen and oxygen atoms in total. The normalized spacial score (nSPS) is 21.6. The third-order valence-electron chi connectivity index (χ3n) is 7.27. The van der Waals surface area contributed by atoms with Gasteiger partial charge in [0.15, 0.2) is 0 Å². The molecule has 2 aliphatic rings. The van der Waals surface area contributed by atoms with Crippen LogP contribution in [0.15, 0.2) is 61.2 Å². The fourth-order valence-electron chi connectivity index (χ4n) is 5.03. The monoisotopic (exact) mass is 430 g/mol.